The predicted molar refractivity (Wildman–Crippen MR) is 88.8 cm³/mol. The molecule has 4 rings (SSSR count). The Morgan fingerprint density at radius 1 is 1.22 bits per heavy atom. The van der Waals surface area contributed by atoms with E-state index in [2.05, 4.69) is 13.5 Å². The summed E-state index contributed by atoms with van der Waals surface area (Å²) in [4.78, 5) is 12.0. The van der Waals surface area contributed by atoms with Gasteiger partial charge in [-0.25, -0.2) is 0 Å². The quantitative estimate of drug-likeness (QED) is 0.718. The first-order valence-corrected chi connectivity index (χ1v) is 9.32. The lowest BCUT2D eigenvalue weighted by molar-refractivity contribution is -0.186. The maximum Gasteiger partial charge on any atom is 0.309 e. The van der Waals surface area contributed by atoms with Crippen LogP contribution in [-0.2, 0) is 4.79 Å². The maximum atomic E-state index is 12.0. The van der Waals surface area contributed by atoms with E-state index >= 15 is 0 Å². The third kappa shape index (κ3) is 1.83. The van der Waals surface area contributed by atoms with E-state index < -0.39 is 11.4 Å². The Morgan fingerprint density at radius 2 is 1.96 bits per heavy atom. The number of aliphatic hydroxyl groups is 1. The molecule has 4 saturated carbocycles. The van der Waals surface area contributed by atoms with Crippen molar-refractivity contribution < 1.29 is 15.0 Å². The molecule has 0 unspecified atom stereocenters. The molecule has 0 aromatic rings. The number of carbonyl (C=O) groups is 1. The lowest BCUT2D eigenvalue weighted by Crippen LogP contribution is -2.59. The third-order valence-corrected chi connectivity index (χ3v) is 8.60. The molecule has 4 aliphatic carbocycles. The molecule has 0 aromatic carbocycles. The van der Waals surface area contributed by atoms with Gasteiger partial charge in [0.15, 0.2) is 0 Å². The lowest BCUT2D eigenvalue weighted by Gasteiger charge is -2.63. The van der Waals surface area contributed by atoms with E-state index in [1.807, 2.05) is 6.92 Å². The largest absolute Gasteiger partial charge is 0.481 e. The number of carboxylic acid groups (broad SMARTS) is 1. The minimum absolute atomic E-state index is 0.0558. The molecule has 1 spiro atoms. The lowest BCUT2D eigenvalue weighted by atomic mass is 9.41. The summed E-state index contributed by atoms with van der Waals surface area (Å²) in [6, 6.07) is 0. The van der Waals surface area contributed by atoms with Gasteiger partial charge in [0.2, 0.25) is 0 Å². The number of hydrogen-bond donors (Lipinski definition) is 2. The Labute approximate surface area is 139 Å². The Bertz CT molecular complexity index is 569. The fourth-order valence-corrected chi connectivity index (χ4v) is 7.57. The average Bonchev–Trinajstić information content (AvgIpc) is 2.75. The SMILES string of the molecule is C=C1C[C@@]23CC[C@H]4[C@@](C)(CCC[C@@]4(C)C(=O)O)[C@@H]2C[C@H](O)[C@@H]1C3. The number of aliphatic carboxylic acids is 1. The van der Waals surface area contributed by atoms with Crippen LogP contribution < -0.4 is 0 Å². The summed E-state index contributed by atoms with van der Waals surface area (Å²) >= 11 is 0. The molecule has 0 saturated heterocycles. The molecule has 0 aromatic heterocycles. The van der Waals surface area contributed by atoms with Crippen molar-refractivity contribution in [2.45, 2.75) is 71.3 Å². The molecule has 3 heteroatoms. The zero-order valence-electron chi connectivity index (χ0n) is 14.5. The van der Waals surface area contributed by atoms with E-state index in [1.165, 1.54) is 5.57 Å². The number of aliphatic hydroxyl groups excluding tert-OH is 1. The Morgan fingerprint density at radius 3 is 2.65 bits per heavy atom. The number of fused-ring (bicyclic) bond motifs is 3. The Balaban J connectivity index is 1.77. The van der Waals surface area contributed by atoms with Gasteiger partial charge >= 0.3 is 5.97 Å². The van der Waals surface area contributed by atoms with Crippen molar-refractivity contribution in [3.63, 3.8) is 0 Å². The Kier molecular flexibility index (Phi) is 3.15. The number of carboxylic acids is 1. The van der Waals surface area contributed by atoms with Gasteiger partial charge in [-0.1, -0.05) is 25.5 Å². The number of hydrogen-bond acceptors (Lipinski definition) is 2. The van der Waals surface area contributed by atoms with Crippen LogP contribution in [0.25, 0.3) is 0 Å². The molecular formula is C20H30O3. The van der Waals surface area contributed by atoms with E-state index in [0.29, 0.717) is 17.3 Å². The topological polar surface area (TPSA) is 57.5 Å². The van der Waals surface area contributed by atoms with Crippen molar-refractivity contribution in [1.82, 2.24) is 0 Å². The molecule has 0 aliphatic heterocycles. The second kappa shape index (κ2) is 4.62. The highest BCUT2D eigenvalue weighted by molar-refractivity contribution is 5.75. The highest BCUT2D eigenvalue weighted by Gasteiger charge is 2.66. The molecule has 0 heterocycles. The van der Waals surface area contributed by atoms with Crippen LogP contribution >= 0.6 is 0 Å². The fraction of sp³-hybridized carbons (Fsp3) is 0.850. The molecule has 7 atom stereocenters. The van der Waals surface area contributed by atoms with Crippen molar-refractivity contribution in [1.29, 1.82) is 0 Å². The zero-order valence-corrected chi connectivity index (χ0v) is 14.5. The monoisotopic (exact) mass is 318 g/mol. The van der Waals surface area contributed by atoms with Gasteiger partial charge in [0.25, 0.3) is 0 Å². The van der Waals surface area contributed by atoms with Crippen LogP contribution in [0.4, 0.5) is 0 Å². The second-order valence-electron chi connectivity index (χ2n) is 9.54. The van der Waals surface area contributed by atoms with Crippen molar-refractivity contribution in [2.24, 2.45) is 34.0 Å². The van der Waals surface area contributed by atoms with Crippen LogP contribution in [0.15, 0.2) is 12.2 Å². The van der Waals surface area contributed by atoms with Crippen LogP contribution in [0.3, 0.4) is 0 Å². The molecule has 4 fully saturated rings. The van der Waals surface area contributed by atoms with Gasteiger partial charge in [0.1, 0.15) is 0 Å². The molecule has 0 radical (unpaired) electrons. The van der Waals surface area contributed by atoms with Crippen LogP contribution in [0, 0.1) is 34.0 Å². The maximum absolute atomic E-state index is 12.0. The smallest absolute Gasteiger partial charge is 0.309 e. The third-order valence-electron chi connectivity index (χ3n) is 8.60. The molecule has 23 heavy (non-hydrogen) atoms. The minimum Gasteiger partial charge on any atom is -0.481 e. The highest BCUT2D eigenvalue weighted by Crippen LogP contribution is 2.72. The van der Waals surface area contributed by atoms with Gasteiger partial charge in [0, 0.05) is 5.92 Å². The van der Waals surface area contributed by atoms with E-state index in [1.54, 1.807) is 0 Å². The van der Waals surface area contributed by atoms with Gasteiger partial charge < -0.3 is 10.2 Å². The number of rotatable bonds is 1. The molecular weight excluding hydrogens is 288 g/mol. The van der Waals surface area contributed by atoms with E-state index in [0.717, 1.165) is 51.4 Å². The summed E-state index contributed by atoms with van der Waals surface area (Å²) < 4.78 is 0. The van der Waals surface area contributed by atoms with E-state index in [4.69, 9.17) is 0 Å². The summed E-state index contributed by atoms with van der Waals surface area (Å²) in [5.41, 5.74) is 1.01. The minimum atomic E-state index is -0.616. The van der Waals surface area contributed by atoms with E-state index in [-0.39, 0.29) is 17.4 Å². The molecule has 128 valence electrons. The van der Waals surface area contributed by atoms with Gasteiger partial charge in [-0.3, -0.25) is 4.79 Å². The second-order valence-corrected chi connectivity index (χ2v) is 9.54. The fourth-order valence-electron chi connectivity index (χ4n) is 7.57. The molecule has 2 bridgehead atoms. The van der Waals surface area contributed by atoms with Gasteiger partial charge in [-0.15, -0.1) is 0 Å². The summed E-state index contributed by atoms with van der Waals surface area (Å²) in [6.45, 7) is 8.58. The standard InChI is InChI=1S/C20H30O3/c1-12-10-20-8-5-15-18(2,6-4-7-19(15,3)17(22)23)16(20)9-14(21)13(12)11-20/h13-16,21H,1,4-11H2,2-3H3,(H,22,23)/t13-,14+,15+,16+,18-,19-,20-/m1/s1. The average molecular weight is 318 g/mol. The summed E-state index contributed by atoms with van der Waals surface area (Å²) in [5, 5.41) is 20.6. The zero-order chi connectivity index (χ0) is 16.6. The van der Waals surface area contributed by atoms with Crippen LogP contribution in [0.1, 0.15) is 65.2 Å². The van der Waals surface area contributed by atoms with Gasteiger partial charge in [0.05, 0.1) is 11.5 Å². The predicted octanol–water partition coefficient (Wildman–Crippen LogP) is 4.01. The van der Waals surface area contributed by atoms with Crippen molar-refractivity contribution in [3.05, 3.63) is 12.2 Å². The molecule has 4 aliphatic rings. The van der Waals surface area contributed by atoms with Crippen molar-refractivity contribution in [3.8, 4) is 0 Å². The summed E-state index contributed by atoms with van der Waals surface area (Å²) in [7, 11) is 0. The molecule has 0 amide bonds. The molecule has 2 N–H and O–H groups in total. The molecule has 3 nitrogen and oxygen atoms in total. The van der Waals surface area contributed by atoms with Gasteiger partial charge in [-0.2, -0.15) is 0 Å². The summed E-state index contributed by atoms with van der Waals surface area (Å²) in [5.74, 6) is 0.378. The van der Waals surface area contributed by atoms with Crippen LogP contribution in [-0.4, -0.2) is 22.3 Å². The normalized spacial score (nSPS) is 55.2. The summed E-state index contributed by atoms with van der Waals surface area (Å²) in [6.07, 6.45) is 7.83. The van der Waals surface area contributed by atoms with Crippen molar-refractivity contribution >= 4 is 5.97 Å². The first-order chi connectivity index (χ1) is 10.7. The first-order valence-electron chi connectivity index (χ1n) is 9.32. The van der Waals surface area contributed by atoms with E-state index in [9.17, 15) is 15.0 Å². The van der Waals surface area contributed by atoms with Crippen LogP contribution in [0.5, 0.6) is 0 Å². The Hall–Kier alpha value is -0.830. The highest BCUT2D eigenvalue weighted by atomic mass is 16.4. The van der Waals surface area contributed by atoms with Crippen LogP contribution in [0.2, 0.25) is 0 Å². The van der Waals surface area contributed by atoms with Gasteiger partial charge in [-0.05, 0) is 74.5 Å². The first kappa shape index (κ1) is 15.7. The van der Waals surface area contributed by atoms with Crippen molar-refractivity contribution in [2.75, 3.05) is 0 Å².